The first-order chi connectivity index (χ1) is 21.3. The zero-order chi connectivity index (χ0) is 32.6. The zero-order valence-corrected chi connectivity index (χ0v) is 29.3. The molecular weight excluding hydrogens is 570 g/mol. The van der Waals surface area contributed by atoms with Crippen LogP contribution in [0.4, 0.5) is 0 Å². The summed E-state index contributed by atoms with van der Waals surface area (Å²) < 4.78 is 32.3. The molecule has 0 heterocycles. The van der Waals surface area contributed by atoms with Gasteiger partial charge in [-0.2, -0.15) is 8.42 Å². The molecule has 7 heteroatoms. The second kappa shape index (κ2) is 31.5. The Morgan fingerprint density at radius 1 is 0.591 bits per heavy atom. The number of aliphatic hydroxyl groups excluding tert-OH is 1. The van der Waals surface area contributed by atoms with Gasteiger partial charge in [0.1, 0.15) is 0 Å². The number of carbonyl (C=O) groups excluding carboxylic acids is 1. The van der Waals surface area contributed by atoms with E-state index in [0.29, 0.717) is 6.42 Å². The number of rotatable bonds is 32. The van der Waals surface area contributed by atoms with E-state index in [-0.39, 0.29) is 12.3 Å². The van der Waals surface area contributed by atoms with Crippen LogP contribution in [-0.2, 0) is 14.9 Å². The quantitative estimate of drug-likeness (QED) is 0.0386. The largest absolute Gasteiger partial charge is 0.387 e. The number of amides is 1. The SMILES string of the molecule is CCCC/C=C/CC/C=C/CC/C=C/C(O)C(CS(=O)(=O)O)NC(=O)CCCCCCCCCCCCCCCCCCC. The van der Waals surface area contributed by atoms with E-state index in [1.54, 1.807) is 6.08 Å². The third kappa shape index (κ3) is 32.0. The fourth-order valence-electron chi connectivity index (χ4n) is 5.29. The molecule has 0 radical (unpaired) electrons. The highest BCUT2D eigenvalue weighted by Crippen LogP contribution is 2.14. The van der Waals surface area contributed by atoms with E-state index in [2.05, 4.69) is 43.5 Å². The maximum Gasteiger partial charge on any atom is 0.267 e. The number of unbranched alkanes of at least 4 members (excludes halogenated alkanes) is 20. The Morgan fingerprint density at radius 2 is 0.977 bits per heavy atom. The summed E-state index contributed by atoms with van der Waals surface area (Å²) in [6.45, 7) is 4.46. The van der Waals surface area contributed by atoms with Gasteiger partial charge in [-0.25, -0.2) is 0 Å². The molecule has 0 bridgehead atoms. The Bertz CT molecular complexity index is 837. The first-order valence-electron chi connectivity index (χ1n) is 18.2. The number of aliphatic hydroxyl groups is 1. The van der Waals surface area contributed by atoms with Gasteiger partial charge in [0.05, 0.1) is 17.9 Å². The molecule has 0 aromatic rings. The molecule has 2 atom stereocenters. The molecule has 0 aliphatic carbocycles. The van der Waals surface area contributed by atoms with E-state index in [1.165, 1.54) is 109 Å². The van der Waals surface area contributed by atoms with Gasteiger partial charge in [-0.1, -0.05) is 166 Å². The molecule has 0 saturated carbocycles. The van der Waals surface area contributed by atoms with Crippen molar-refractivity contribution >= 4 is 16.0 Å². The van der Waals surface area contributed by atoms with Gasteiger partial charge in [-0.05, 0) is 38.5 Å². The van der Waals surface area contributed by atoms with Crippen LogP contribution < -0.4 is 5.32 Å². The van der Waals surface area contributed by atoms with Crippen molar-refractivity contribution in [1.29, 1.82) is 0 Å². The van der Waals surface area contributed by atoms with Gasteiger partial charge < -0.3 is 10.4 Å². The van der Waals surface area contributed by atoms with E-state index in [0.717, 1.165) is 44.9 Å². The van der Waals surface area contributed by atoms with E-state index in [9.17, 15) is 22.9 Å². The number of allylic oxidation sites excluding steroid dienone is 5. The van der Waals surface area contributed by atoms with Crippen molar-refractivity contribution in [2.45, 2.75) is 187 Å². The van der Waals surface area contributed by atoms with Crippen LogP contribution in [0.25, 0.3) is 0 Å². The van der Waals surface area contributed by atoms with Crippen molar-refractivity contribution in [3.05, 3.63) is 36.5 Å². The van der Waals surface area contributed by atoms with Crippen molar-refractivity contribution < 1.29 is 22.9 Å². The lowest BCUT2D eigenvalue weighted by Crippen LogP contribution is -2.46. The molecule has 6 nitrogen and oxygen atoms in total. The molecular formula is C37H69NO5S. The molecule has 258 valence electrons. The van der Waals surface area contributed by atoms with Crippen molar-refractivity contribution in [1.82, 2.24) is 5.32 Å². The summed E-state index contributed by atoms with van der Waals surface area (Å²) in [4.78, 5) is 12.4. The van der Waals surface area contributed by atoms with Gasteiger partial charge in [-0.15, -0.1) is 0 Å². The Kier molecular flexibility index (Phi) is 30.5. The van der Waals surface area contributed by atoms with Crippen molar-refractivity contribution in [3.63, 3.8) is 0 Å². The van der Waals surface area contributed by atoms with Crippen molar-refractivity contribution in [2.75, 3.05) is 5.75 Å². The van der Waals surface area contributed by atoms with Gasteiger partial charge in [0, 0.05) is 6.42 Å². The fourth-order valence-corrected chi connectivity index (χ4v) is 6.02. The van der Waals surface area contributed by atoms with Crippen LogP contribution in [0.1, 0.15) is 174 Å². The Balaban J connectivity index is 3.99. The molecule has 0 fully saturated rings. The van der Waals surface area contributed by atoms with Gasteiger partial charge >= 0.3 is 0 Å². The summed E-state index contributed by atoms with van der Waals surface area (Å²) in [7, 11) is -4.35. The minimum atomic E-state index is -4.35. The Morgan fingerprint density at radius 3 is 1.41 bits per heavy atom. The van der Waals surface area contributed by atoms with Gasteiger partial charge in [-0.3, -0.25) is 9.35 Å². The molecule has 0 saturated heterocycles. The maximum absolute atomic E-state index is 12.4. The van der Waals surface area contributed by atoms with E-state index in [1.807, 2.05) is 0 Å². The fraction of sp³-hybridized carbons (Fsp3) is 0.811. The van der Waals surface area contributed by atoms with Crippen LogP contribution in [0.5, 0.6) is 0 Å². The van der Waals surface area contributed by atoms with Gasteiger partial charge in [0.15, 0.2) is 0 Å². The summed E-state index contributed by atoms with van der Waals surface area (Å²) in [5.41, 5.74) is 0. The number of carbonyl (C=O) groups is 1. The molecule has 44 heavy (non-hydrogen) atoms. The predicted octanol–water partition coefficient (Wildman–Crippen LogP) is 10.2. The molecule has 0 aromatic carbocycles. The summed E-state index contributed by atoms with van der Waals surface area (Å²) in [5.74, 6) is -1.01. The number of hydrogen-bond donors (Lipinski definition) is 3. The topological polar surface area (TPSA) is 104 Å². The normalized spacial score (nSPS) is 13.8. The molecule has 0 aliphatic heterocycles. The minimum absolute atomic E-state index is 0.287. The van der Waals surface area contributed by atoms with Crippen molar-refractivity contribution in [2.24, 2.45) is 0 Å². The van der Waals surface area contributed by atoms with Crippen LogP contribution in [0.3, 0.4) is 0 Å². The molecule has 2 unspecified atom stereocenters. The van der Waals surface area contributed by atoms with E-state index < -0.39 is 28.0 Å². The Hall–Kier alpha value is -1.44. The highest BCUT2D eigenvalue weighted by Gasteiger charge is 2.24. The van der Waals surface area contributed by atoms with Crippen LogP contribution in [0.2, 0.25) is 0 Å². The molecule has 0 aromatic heterocycles. The van der Waals surface area contributed by atoms with Gasteiger partial charge in [0.2, 0.25) is 5.91 Å². The maximum atomic E-state index is 12.4. The Labute approximate surface area is 272 Å². The summed E-state index contributed by atoms with van der Waals surface area (Å²) >= 11 is 0. The predicted molar refractivity (Wildman–Crippen MR) is 189 cm³/mol. The molecule has 0 rings (SSSR count). The minimum Gasteiger partial charge on any atom is -0.387 e. The average molecular weight is 640 g/mol. The molecule has 3 N–H and O–H groups in total. The van der Waals surface area contributed by atoms with Crippen LogP contribution >= 0.6 is 0 Å². The lowest BCUT2D eigenvalue weighted by atomic mass is 10.0. The lowest BCUT2D eigenvalue weighted by molar-refractivity contribution is -0.122. The summed E-state index contributed by atoms with van der Waals surface area (Å²) in [6, 6.07) is -1.07. The highest BCUT2D eigenvalue weighted by molar-refractivity contribution is 7.85. The summed E-state index contributed by atoms with van der Waals surface area (Å²) in [5, 5.41) is 13.1. The number of hydrogen-bond acceptors (Lipinski definition) is 4. The van der Waals surface area contributed by atoms with Gasteiger partial charge in [0.25, 0.3) is 10.1 Å². The zero-order valence-electron chi connectivity index (χ0n) is 28.5. The highest BCUT2D eigenvalue weighted by atomic mass is 32.2. The third-order valence-corrected chi connectivity index (χ3v) is 8.83. The van der Waals surface area contributed by atoms with Crippen molar-refractivity contribution in [3.8, 4) is 0 Å². The molecule has 1 amide bonds. The standard InChI is InChI=1S/C37H69NO5S/c1-3-5-7-9-11-13-15-17-18-19-20-21-23-25-27-29-31-33-37(40)38-35(34-44(41,42)43)36(39)32-30-28-26-24-22-16-14-12-10-8-6-4-2/h10,12,22,24,30,32,35-36,39H,3-9,11,13-21,23,25-29,31,33-34H2,1-2H3,(H,38,40)(H,41,42,43)/b12-10+,24-22+,32-30+. The van der Waals surface area contributed by atoms with E-state index in [4.69, 9.17) is 0 Å². The smallest absolute Gasteiger partial charge is 0.267 e. The number of nitrogens with one attached hydrogen (secondary N) is 1. The summed E-state index contributed by atoms with van der Waals surface area (Å²) in [6.07, 6.45) is 39.9. The first kappa shape index (κ1) is 42.6. The van der Waals surface area contributed by atoms with E-state index >= 15 is 0 Å². The molecule has 0 aliphatic rings. The molecule has 0 spiro atoms. The first-order valence-corrected chi connectivity index (χ1v) is 19.8. The third-order valence-electron chi connectivity index (χ3n) is 8.05. The second-order valence-corrected chi connectivity index (χ2v) is 14.0. The monoisotopic (exact) mass is 639 g/mol. The second-order valence-electron chi connectivity index (χ2n) is 12.5. The lowest BCUT2D eigenvalue weighted by Gasteiger charge is -2.21. The average Bonchev–Trinajstić information content (AvgIpc) is 2.98. The van der Waals surface area contributed by atoms with Crippen LogP contribution in [0.15, 0.2) is 36.5 Å². The van der Waals surface area contributed by atoms with Crippen LogP contribution in [0, 0.1) is 0 Å². The van der Waals surface area contributed by atoms with Crippen LogP contribution in [-0.4, -0.2) is 41.9 Å².